The first-order valence-corrected chi connectivity index (χ1v) is 8.36. The smallest absolute Gasteiger partial charge is 0.319 e. The molecule has 3 amide bonds. The molecule has 3 aromatic carbocycles. The van der Waals surface area contributed by atoms with Gasteiger partial charge in [-0.2, -0.15) is 0 Å². The van der Waals surface area contributed by atoms with Gasteiger partial charge in [-0.05, 0) is 41.0 Å². The second-order valence-electron chi connectivity index (χ2n) is 6.60. The number of carbonyl (C=O) groups excluding carboxylic acids is 2. The maximum Gasteiger partial charge on any atom is 0.325 e. The molecule has 26 heavy (non-hydrogen) atoms. The number of rotatable bonds is 3. The topological polar surface area (TPSA) is 49.4 Å². The van der Waals surface area contributed by atoms with E-state index >= 15 is 0 Å². The molecule has 4 nitrogen and oxygen atoms in total. The third-order valence-corrected chi connectivity index (χ3v) is 4.86. The molecule has 1 saturated heterocycles. The van der Waals surface area contributed by atoms with Crippen LogP contribution in [0.2, 0.25) is 0 Å². The van der Waals surface area contributed by atoms with Gasteiger partial charge in [0.05, 0.1) is 6.54 Å². The van der Waals surface area contributed by atoms with Crippen molar-refractivity contribution in [1.82, 2.24) is 10.2 Å². The molecule has 0 saturated carbocycles. The normalized spacial score (nSPS) is 19.8. The van der Waals surface area contributed by atoms with E-state index in [2.05, 4.69) is 5.32 Å². The molecule has 1 atom stereocenters. The highest BCUT2D eigenvalue weighted by molar-refractivity contribution is 6.09. The van der Waals surface area contributed by atoms with Gasteiger partial charge in [0.15, 0.2) is 0 Å². The van der Waals surface area contributed by atoms with Crippen LogP contribution in [0, 0.1) is 5.82 Å². The largest absolute Gasteiger partial charge is 0.325 e. The molecular weight excluding hydrogens is 331 g/mol. The van der Waals surface area contributed by atoms with Gasteiger partial charge in [-0.3, -0.25) is 9.69 Å². The summed E-state index contributed by atoms with van der Waals surface area (Å²) in [6.45, 7) is 1.82. The summed E-state index contributed by atoms with van der Waals surface area (Å²) in [5.74, 6) is -0.672. The van der Waals surface area contributed by atoms with Crippen LogP contribution in [0.5, 0.6) is 0 Å². The van der Waals surface area contributed by atoms with E-state index in [0.29, 0.717) is 5.56 Å². The SMILES string of the molecule is C[C@]1(c2cccc3ccccc23)NC(=O)N(Cc2ccc(F)cc2)C1=O. The van der Waals surface area contributed by atoms with E-state index < -0.39 is 11.6 Å². The number of hydrogen-bond acceptors (Lipinski definition) is 2. The van der Waals surface area contributed by atoms with Crippen molar-refractivity contribution in [2.24, 2.45) is 0 Å². The van der Waals surface area contributed by atoms with Gasteiger partial charge in [-0.25, -0.2) is 9.18 Å². The fourth-order valence-electron chi connectivity index (χ4n) is 3.46. The van der Waals surface area contributed by atoms with E-state index in [4.69, 9.17) is 0 Å². The molecule has 1 aliphatic heterocycles. The van der Waals surface area contributed by atoms with Crippen LogP contribution < -0.4 is 5.32 Å². The van der Waals surface area contributed by atoms with Crippen molar-refractivity contribution < 1.29 is 14.0 Å². The number of halogens is 1. The van der Waals surface area contributed by atoms with Crippen LogP contribution in [-0.2, 0) is 16.9 Å². The van der Waals surface area contributed by atoms with Crippen LogP contribution in [0.25, 0.3) is 10.8 Å². The minimum Gasteiger partial charge on any atom is -0.319 e. The molecule has 1 heterocycles. The fourth-order valence-corrected chi connectivity index (χ4v) is 3.46. The second kappa shape index (κ2) is 5.95. The Morgan fingerprint density at radius 3 is 2.42 bits per heavy atom. The summed E-state index contributed by atoms with van der Waals surface area (Å²) in [6, 6.07) is 18.8. The highest BCUT2D eigenvalue weighted by Crippen LogP contribution is 2.34. The van der Waals surface area contributed by atoms with Crippen molar-refractivity contribution in [3.05, 3.63) is 83.7 Å². The third-order valence-electron chi connectivity index (χ3n) is 4.86. The molecule has 5 heteroatoms. The quantitative estimate of drug-likeness (QED) is 0.729. The molecular formula is C21H17FN2O2. The van der Waals surface area contributed by atoms with Crippen LogP contribution in [0.15, 0.2) is 66.7 Å². The Balaban J connectivity index is 1.72. The molecule has 1 N–H and O–H groups in total. The molecule has 0 aromatic heterocycles. The predicted molar refractivity (Wildman–Crippen MR) is 96.8 cm³/mol. The Morgan fingerprint density at radius 1 is 0.962 bits per heavy atom. The number of amides is 3. The first-order chi connectivity index (χ1) is 12.5. The number of hydrogen-bond donors (Lipinski definition) is 1. The Hall–Kier alpha value is -3.21. The average Bonchev–Trinajstić information content (AvgIpc) is 2.87. The number of imide groups is 1. The maximum atomic E-state index is 13.1. The van der Waals surface area contributed by atoms with Gasteiger partial charge in [-0.15, -0.1) is 0 Å². The molecule has 1 fully saturated rings. The highest BCUT2D eigenvalue weighted by Gasteiger charge is 2.49. The first-order valence-electron chi connectivity index (χ1n) is 8.36. The summed E-state index contributed by atoms with van der Waals surface area (Å²) in [7, 11) is 0. The van der Waals surface area contributed by atoms with E-state index in [-0.39, 0.29) is 18.3 Å². The van der Waals surface area contributed by atoms with Crippen molar-refractivity contribution in [2.45, 2.75) is 19.0 Å². The Morgan fingerprint density at radius 2 is 1.65 bits per heavy atom. The van der Waals surface area contributed by atoms with Crippen LogP contribution >= 0.6 is 0 Å². The van der Waals surface area contributed by atoms with Crippen LogP contribution in [0.4, 0.5) is 9.18 Å². The molecule has 3 aromatic rings. The summed E-state index contributed by atoms with van der Waals surface area (Å²) in [5, 5.41) is 4.76. The van der Waals surface area contributed by atoms with Crippen LogP contribution in [0.1, 0.15) is 18.1 Å². The fraction of sp³-hybridized carbons (Fsp3) is 0.143. The molecule has 0 radical (unpaired) electrons. The van der Waals surface area contributed by atoms with E-state index in [1.54, 1.807) is 19.1 Å². The number of benzene rings is 3. The van der Waals surface area contributed by atoms with Crippen molar-refractivity contribution in [3.63, 3.8) is 0 Å². The van der Waals surface area contributed by atoms with E-state index in [1.165, 1.54) is 17.0 Å². The summed E-state index contributed by atoms with van der Waals surface area (Å²) in [6.07, 6.45) is 0. The first kappa shape index (κ1) is 16.3. The zero-order valence-electron chi connectivity index (χ0n) is 14.2. The Bertz CT molecular complexity index is 1010. The summed E-state index contributed by atoms with van der Waals surface area (Å²) in [4.78, 5) is 26.8. The summed E-state index contributed by atoms with van der Waals surface area (Å²) < 4.78 is 13.1. The van der Waals surface area contributed by atoms with Gasteiger partial charge in [0.25, 0.3) is 5.91 Å². The van der Waals surface area contributed by atoms with Crippen molar-refractivity contribution >= 4 is 22.7 Å². The molecule has 0 spiro atoms. The van der Waals surface area contributed by atoms with Gasteiger partial charge >= 0.3 is 6.03 Å². The number of urea groups is 1. The maximum absolute atomic E-state index is 13.1. The minimum atomic E-state index is -1.14. The van der Waals surface area contributed by atoms with Gasteiger partial charge in [0, 0.05) is 0 Å². The summed E-state index contributed by atoms with van der Waals surface area (Å²) in [5.41, 5.74) is 0.311. The Kier molecular flexibility index (Phi) is 3.72. The van der Waals surface area contributed by atoms with Crippen molar-refractivity contribution in [3.8, 4) is 0 Å². The lowest BCUT2D eigenvalue weighted by molar-refractivity contribution is -0.131. The molecule has 0 unspecified atom stereocenters. The van der Waals surface area contributed by atoms with Crippen molar-refractivity contribution in [2.75, 3.05) is 0 Å². The third kappa shape index (κ3) is 2.52. The van der Waals surface area contributed by atoms with Gasteiger partial charge in [0.2, 0.25) is 0 Å². The molecule has 130 valence electrons. The lowest BCUT2D eigenvalue weighted by Crippen LogP contribution is -2.41. The standard InChI is InChI=1S/C21H17FN2O2/c1-21(18-8-4-6-15-5-2-3-7-17(15)18)19(25)24(20(26)23-21)13-14-9-11-16(22)12-10-14/h2-12H,13H2,1H3,(H,23,26)/t21-/m1/s1. The predicted octanol–water partition coefficient (Wildman–Crippen LogP) is 3.95. The number of nitrogens with zero attached hydrogens (tertiary/aromatic N) is 1. The number of fused-ring (bicyclic) bond motifs is 1. The van der Waals surface area contributed by atoms with Crippen molar-refractivity contribution in [1.29, 1.82) is 0 Å². The lowest BCUT2D eigenvalue weighted by atomic mass is 9.88. The summed E-state index contributed by atoms with van der Waals surface area (Å²) >= 11 is 0. The minimum absolute atomic E-state index is 0.102. The number of nitrogens with one attached hydrogen (secondary N) is 1. The monoisotopic (exact) mass is 348 g/mol. The molecule has 1 aliphatic rings. The molecule has 0 bridgehead atoms. The van der Waals surface area contributed by atoms with Gasteiger partial charge < -0.3 is 5.32 Å². The van der Waals surface area contributed by atoms with Crippen LogP contribution in [0.3, 0.4) is 0 Å². The zero-order chi connectivity index (χ0) is 18.3. The Labute approximate surface area is 150 Å². The van der Waals surface area contributed by atoms with Crippen LogP contribution in [-0.4, -0.2) is 16.8 Å². The van der Waals surface area contributed by atoms with E-state index in [9.17, 15) is 14.0 Å². The van der Waals surface area contributed by atoms with Gasteiger partial charge in [0.1, 0.15) is 11.4 Å². The molecule has 4 rings (SSSR count). The molecule has 0 aliphatic carbocycles. The number of carbonyl (C=O) groups is 2. The average molecular weight is 348 g/mol. The van der Waals surface area contributed by atoms with E-state index in [1.807, 2.05) is 42.5 Å². The van der Waals surface area contributed by atoms with E-state index in [0.717, 1.165) is 16.3 Å². The second-order valence-corrected chi connectivity index (χ2v) is 6.60. The zero-order valence-corrected chi connectivity index (χ0v) is 14.2. The highest BCUT2D eigenvalue weighted by atomic mass is 19.1. The lowest BCUT2D eigenvalue weighted by Gasteiger charge is -2.24. The van der Waals surface area contributed by atoms with Gasteiger partial charge in [-0.1, -0.05) is 54.6 Å².